The summed E-state index contributed by atoms with van der Waals surface area (Å²) in [5.74, 6) is -0.223. The predicted molar refractivity (Wildman–Crippen MR) is 145 cm³/mol. The van der Waals surface area contributed by atoms with Crippen molar-refractivity contribution < 1.29 is 27.7 Å². The number of rotatable bonds is 13. The van der Waals surface area contributed by atoms with Gasteiger partial charge in [-0.1, -0.05) is 39.0 Å². The number of benzene rings is 2. The number of amides is 2. The third kappa shape index (κ3) is 8.17. The SMILES string of the molecule is CCC(C(=O)NCC(C)C)N(Cc1cccc(OC)c1)C(=O)CN(c1cc([N+](=O)[O-])ccc1C)S(C)(=O)=O. The van der Waals surface area contributed by atoms with Crippen molar-refractivity contribution in [1.29, 1.82) is 0 Å². The van der Waals surface area contributed by atoms with Crippen LogP contribution in [-0.2, 0) is 26.2 Å². The predicted octanol–water partition coefficient (Wildman–Crippen LogP) is 3.26. The zero-order valence-corrected chi connectivity index (χ0v) is 23.4. The first kappa shape index (κ1) is 30.6. The minimum Gasteiger partial charge on any atom is -0.497 e. The fraction of sp³-hybridized carbons (Fsp3) is 0.462. The van der Waals surface area contributed by atoms with Gasteiger partial charge in [0.2, 0.25) is 21.8 Å². The summed E-state index contributed by atoms with van der Waals surface area (Å²) >= 11 is 0. The Kier molecular flexibility index (Phi) is 10.6. The molecule has 0 bridgehead atoms. The molecule has 0 aliphatic carbocycles. The van der Waals surface area contributed by atoms with E-state index in [1.165, 1.54) is 24.1 Å². The molecule has 0 heterocycles. The van der Waals surface area contributed by atoms with E-state index >= 15 is 0 Å². The Morgan fingerprint density at radius 3 is 2.39 bits per heavy atom. The molecule has 0 spiro atoms. The molecule has 0 saturated heterocycles. The number of carbonyl (C=O) groups is 2. The van der Waals surface area contributed by atoms with Crippen molar-refractivity contribution in [2.24, 2.45) is 5.92 Å². The maximum atomic E-state index is 13.8. The van der Waals surface area contributed by atoms with Gasteiger partial charge in [-0.2, -0.15) is 0 Å². The molecule has 0 fully saturated rings. The first-order chi connectivity index (χ1) is 17.8. The van der Waals surface area contributed by atoms with Crippen LogP contribution in [0.15, 0.2) is 42.5 Å². The number of ether oxygens (including phenoxy) is 1. The van der Waals surface area contributed by atoms with Crippen LogP contribution in [0.3, 0.4) is 0 Å². The van der Waals surface area contributed by atoms with Crippen molar-refractivity contribution in [3.8, 4) is 5.75 Å². The third-order valence-corrected chi connectivity index (χ3v) is 7.04. The summed E-state index contributed by atoms with van der Waals surface area (Å²) in [6, 6.07) is 9.97. The first-order valence-electron chi connectivity index (χ1n) is 12.2. The average Bonchev–Trinajstić information content (AvgIpc) is 2.85. The lowest BCUT2D eigenvalue weighted by Gasteiger charge is -2.33. The molecule has 2 amide bonds. The lowest BCUT2D eigenvalue weighted by Crippen LogP contribution is -2.52. The maximum Gasteiger partial charge on any atom is 0.271 e. The number of nitro benzene ring substituents is 1. The Hall–Kier alpha value is -3.67. The van der Waals surface area contributed by atoms with E-state index in [4.69, 9.17) is 4.74 Å². The highest BCUT2D eigenvalue weighted by Gasteiger charge is 2.32. The quantitative estimate of drug-likeness (QED) is 0.299. The molecule has 12 heteroatoms. The Morgan fingerprint density at radius 1 is 1.16 bits per heavy atom. The molecule has 1 atom stereocenters. The standard InChI is InChI=1S/C26H36N4O7S/c1-7-23(26(32)27-15-18(2)3)28(16-20-9-8-10-22(13-20)37-5)25(31)17-29(38(6,35)36)24-14-21(30(33)34)12-11-19(24)4/h8-14,18,23H,7,15-17H2,1-6H3,(H,27,32). The number of anilines is 1. The lowest BCUT2D eigenvalue weighted by molar-refractivity contribution is -0.384. The summed E-state index contributed by atoms with van der Waals surface area (Å²) in [5.41, 5.74) is 0.841. The Morgan fingerprint density at radius 2 is 1.84 bits per heavy atom. The molecule has 0 saturated carbocycles. The second-order valence-electron chi connectivity index (χ2n) is 9.43. The summed E-state index contributed by atoms with van der Waals surface area (Å²) in [6.07, 6.45) is 1.21. The van der Waals surface area contributed by atoms with Crippen molar-refractivity contribution in [1.82, 2.24) is 10.2 Å². The van der Waals surface area contributed by atoms with Crippen LogP contribution in [0.5, 0.6) is 5.75 Å². The number of nitrogens with zero attached hydrogens (tertiary/aromatic N) is 3. The van der Waals surface area contributed by atoms with E-state index in [0.29, 0.717) is 23.4 Å². The molecule has 1 N–H and O–H groups in total. The number of hydrogen-bond acceptors (Lipinski definition) is 7. The highest BCUT2D eigenvalue weighted by Crippen LogP contribution is 2.28. The van der Waals surface area contributed by atoms with E-state index in [1.807, 2.05) is 13.8 Å². The van der Waals surface area contributed by atoms with Gasteiger partial charge in [0.15, 0.2) is 0 Å². The number of non-ortho nitro benzene ring substituents is 1. The highest BCUT2D eigenvalue weighted by atomic mass is 32.2. The van der Waals surface area contributed by atoms with Gasteiger partial charge in [-0.15, -0.1) is 0 Å². The van der Waals surface area contributed by atoms with Crippen molar-refractivity contribution in [3.05, 3.63) is 63.7 Å². The molecule has 0 radical (unpaired) electrons. The molecule has 2 aromatic carbocycles. The van der Waals surface area contributed by atoms with E-state index in [9.17, 15) is 28.1 Å². The van der Waals surface area contributed by atoms with E-state index in [-0.39, 0.29) is 36.2 Å². The van der Waals surface area contributed by atoms with Gasteiger partial charge in [0.05, 0.1) is 24.0 Å². The number of aryl methyl sites for hydroxylation is 1. The minimum atomic E-state index is -4.03. The maximum absolute atomic E-state index is 13.8. The zero-order chi connectivity index (χ0) is 28.6. The van der Waals surface area contributed by atoms with E-state index < -0.39 is 33.4 Å². The van der Waals surface area contributed by atoms with Crippen molar-refractivity contribution >= 4 is 33.2 Å². The van der Waals surface area contributed by atoms with Gasteiger partial charge in [0.1, 0.15) is 18.3 Å². The van der Waals surface area contributed by atoms with Crippen LogP contribution < -0.4 is 14.4 Å². The van der Waals surface area contributed by atoms with Gasteiger partial charge in [-0.05, 0) is 42.5 Å². The van der Waals surface area contributed by atoms with E-state index in [0.717, 1.165) is 16.6 Å². The van der Waals surface area contributed by atoms with E-state index in [2.05, 4.69) is 5.32 Å². The first-order valence-corrected chi connectivity index (χ1v) is 14.1. The van der Waals surface area contributed by atoms with Gasteiger partial charge in [-0.3, -0.25) is 24.0 Å². The van der Waals surface area contributed by atoms with Crippen LogP contribution in [0.4, 0.5) is 11.4 Å². The molecule has 0 aliphatic heterocycles. The number of nitrogens with one attached hydrogen (secondary N) is 1. The summed E-state index contributed by atoms with van der Waals surface area (Å²) in [6.45, 7) is 7.07. The van der Waals surface area contributed by atoms with Crippen LogP contribution in [0.2, 0.25) is 0 Å². The molecule has 11 nitrogen and oxygen atoms in total. The van der Waals surface area contributed by atoms with Crippen LogP contribution in [0.1, 0.15) is 38.3 Å². The summed E-state index contributed by atoms with van der Waals surface area (Å²) in [5, 5.41) is 14.2. The fourth-order valence-electron chi connectivity index (χ4n) is 3.88. The van der Waals surface area contributed by atoms with Crippen LogP contribution in [0, 0.1) is 23.0 Å². The minimum absolute atomic E-state index is 0.0219. The summed E-state index contributed by atoms with van der Waals surface area (Å²) < 4.78 is 31.7. The van der Waals surface area contributed by atoms with Crippen LogP contribution >= 0.6 is 0 Å². The van der Waals surface area contributed by atoms with Crippen molar-refractivity contribution in [2.45, 2.75) is 46.7 Å². The third-order valence-electron chi connectivity index (χ3n) is 5.91. The number of methoxy groups -OCH3 is 1. The topological polar surface area (TPSA) is 139 Å². The number of nitro groups is 1. The molecule has 1 unspecified atom stereocenters. The molecule has 0 aliphatic rings. The summed E-state index contributed by atoms with van der Waals surface area (Å²) in [7, 11) is -2.51. The molecule has 2 rings (SSSR count). The van der Waals surface area contributed by atoms with Gasteiger partial charge in [0, 0.05) is 25.2 Å². The number of sulfonamides is 1. The van der Waals surface area contributed by atoms with Gasteiger partial charge < -0.3 is 15.0 Å². The Bertz CT molecular complexity index is 1260. The molecule has 0 aromatic heterocycles. The van der Waals surface area contributed by atoms with E-state index in [1.54, 1.807) is 38.1 Å². The Labute approximate surface area is 224 Å². The second-order valence-corrected chi connectivity index (χ2v) is 11.3. The molecule has 38 heavy (non-hydrogen) atoms. The van der Waals surface area contributed by atoms with Crippen LogP contribution in [-0.4, -0.2) is 62.6 Å². The average molecular weight is 549 g/mol. The largest absolute Gasteiger partial charge is 0.497 e. The number of hydrogen-bond donors (Lipinski definition) is 1. The fourth-order valence-corrected chi connectivity index (χ4v) is 4.78. The second kappa shape index (κ2) is 13.2. The highest BCUT2D eigenvalue weighted by molar-refractivity contribution is 7.92. The molecule has 208 valence electrons. The normalized spacial score (nSPS) is 12.1. The zero-order valence-electron chi connectivity index (χ0n) is 22.6. The monoisotopic (exact) mass is 548 g/mol. The van der Waals surface area contributed by atoms with Gasteiger partial charge >= 0.3 is 0 Å². The van der Waals surface area contributed by atoms with Crippen LogP contribution in [0.25, 0.3) is 0 Å². The summed E-state index contributed by atoms with van der Waals surface area (Å²) in [4.78, 5) is 39.0. The van der Waals surface area contributed by atoms with Crippen molar-refractivity contribution in [2.75, 3.05) is 30.8 Å². The molecular formula is C26H36N4O7S. The van der Waals surface area contributed by atoms with Gasteiger partial charge in [0.25, 0.3) is 5.69 Å². The lowest BCUT2D eigenvalue weighted by atomic mass is 10.1. The number of carbonyl (C=O) groups excluding carboxylic acids is 2. The van der Waals surface area contributed by atoms with Crippen molar-refractivity contribution in [3.63, 3.8) is 0 Å². The van der Waals surface area contributed by atoms with Gasteiger partial charge in [-0.25, -0.2) is 8.42 Å². The molecule has 2 aromatic rings. The smallest absolute Gasteiger partial charge is 0.271 e. The molecular weight excluding hydrogens is 512 g/mol. The Balaban J connectivity index is 2.53.